The summed E-state index contributed by atoms with van der Waals surface area (Å²) in [6.07, 6.45) is 3.47. The molecule has 0 radical (unpaired) electrons. The van der Waals surface area contributed by atoms with Crippen LogP contribution in [0, 0.1) is 0 Å². The van der Waals surface area contributed by atoms with E-state index in [4.69, 9.17) is 0 Å². The maximum atomic E-state index is 12.6. The van der Waals surface area contributed by atoms with Crippen LogP contribution >= 0.6 is 0 Å². The van der Waals surface area contributed by atoms with Crippen LogP contribution in [0.2, 0.25) is 0 Å². The Morgan fingerprint density at radius 2 is 1.71 bits per heavy atom. The molecule has 1 unspecified atom stereocenters. The number of carbonyl (C=O) groups is 2. The molecule has 2 aliphatic rings. The normalized spacial score (nSPS) is 22.7. The lowest BCUT2D eigenvalue weighted by Crippen LogP contribution is -2.37. The number of benzene rings is 1. The molecule has 21 heavy (non-hydrogen) atoms. The number of carboxylic acids is 1. The molecule has 0 spiro atoms. The van der Waals surface area contributed by atoms with E-state index in [-0.39, 0.29) is 11.5 Å². The lowest BCUT2D eigenvalue weighted by molar-refractivity contribution is 0.0679. The molecular formula is C16H20N2O3. The zero-order chi connectivity index (χ0) is 14.8. The first-order valence-corrected chi connectivity index (χ1v) is 7.52. The number of hydrogen-bond donors (Lipinski definition) is 1. The molecule has 5 nitrogen and oxygen atoms in total. The molecule has 0 aromatic heterocycles. The summed E-state index contributed by atoms with van der Waals surface area (Å²) in [5, 5.41) is 9.20. The van der Waals surface area contributed by atoms with E-state index in [2.05, 4.69) is 4.90 Å². The molecule has 0 aliphatic carbocycles. The summed E-state index contributed by atoms with van der Waals surface area (Å²) in [6, 6.07) is 6.90. The lowest BCUT2D eigenvalue weighted by Gasteiger charge is -2.23. The SMILES string of the molecule is O=C(O)c1ccccc1C(=O)N1CCC(N2CCCC2)C1. The summed E-state index contributed by atoms with van der Waals surface area (Å²) < 4.78 is 0. The highest BCUT2D eigenvalue weighted by molar-refractivity contribution is 6.04. The van der Waals surface area contributed by atoms with Gasteiger partial charge in [-0.15, -0.1) is 0 Å². The number of hydrogen-bond acceptors (Lipinski definition) is 3. The highest BCUT2D eigenvalue weighted by Gasteiger charge is 2.32. The van der Waals surface area contributed by atoms with Crippen LogP contribution in [-0.2, 0) is 0 Å². The summed E-state index contributed by atoms with van der Waals surface area (Å²) in [6.45, 7) is 3.68. The minimum atomic E-state index is -1.05. The summed E-state index contributed by atoms with van der Waals surface area (Å²) in [5.74, 6) is -1.20. The molecule has 2 saturated heterocycles. The molecule has 2 fully saturated rings. The van der Waals surface area contributed by atoms with Gasteiger partial charge in [0.15, 0.2) is 0 Å². The standard InChI is InChI=1S/C16H20N2O3/c19-15(13-5-1-2-6-14(13)16(20)21)18-10-7-12(11-18)17-8-3-4-9-17/h1-2,5-6,12H,3-4,7-11H2,(H,20,21). The molecular weight excluding hydrogens is 268 g/mol. The van der Waals surface area contributed by atoms with E-state index in [1.54, 1.807) is 23.1 Å². The van der Waals surface area contributed by atoms with Gasteiger partial charge in [-0.3, -0.25) is 9.69 Å². The third-order valence-electron chi connectivity index (χ3n) is 4.50. The Balaban J connectivity index is 1.73. The first kappa shape index (κ1) is 14.1. The molecule has 2 aliphatic heterocycles. The van der Waals surface area contributed by atoms with Gasteiger partial charge in [-0.05, 0) is 44.5 Å². The molecule has 1 atom stereocenters. The second kappa shape index (κ2) is 5.85. The Bertz CT molecular complexity index is 552. The molecule has 0 saturated carbocycles. The first-order chi connectivity index (χ1) is 10.2. The van der Waals surface area contributed by atoms with Crippen molar-refractivity contribution in [3.05, 3.63) is 35.4 Å². The van der Waals surface area contributed by atoms with Crippen molar-refractivity contribution >= 4 is 11.9 Å². The Labute approximate surface area is 124 Å². The second-order valence-corrected chi connectivity index (χ2v) is 5.79. The maximum Gasteiger partial charge on any atom is 0.336 e. The van der Waals surface area contributed by atoms with E-state index in [0.29, 0.717) is 24.7 Å². The lowest BCUT2D eigenvalue weighted by atomic mass is 10.1. The van der Waals surface area contributed by atoms with Crippen LogP contribution in [0.5, 0.6) is 0 Å². The molecule has 1 aromatic carbocycles. The highest BCUT2D eigenvalue weighted by atomic mass is 16.4. The van der Waals surface area contributed by atoms with E-state index >= 15 is 0 Å². The van der Waals surface area contributed by atoms with Crippen LogP contribution in [0.1, 0.15) is 40.0 Å². The van der Waals surface area contributed by atoms with Gasteiger partial charge in [0.25, 0.3) is 5.91 Å². The topological polar surface area (TPSA) is 60.9 Å². The van der Waals surface area contributed by atoms with Crippen molar-refractivity contribution in [2.75, 3.05) is 26.2 Å². The number of nitrogens with zero attached hydrogens (tertiary/aromatic N) is 2. The van der Waals surface area contributed by atoms with Crippen LogP contribution < -0.4 is 0 Å². The van der Waals surface area contributed by atoms with Crippen molar-refractivity contribution in [2.24, 2.45) is 0 Å². The summed E-state index contributed by atoms with van der Waals surface area (Å²) in [4.78, 5) is 28.1. The van der Waals surface area contributed by atoms with Gasteiger partial charge in [0.05, 0.1) is 11.1 Å². The molecule has 112 valence electrons. The van der Waals surface area contributed by atoms with Crippen molar-refractivity contribution in [1.82, 2.24) is 9.80 Å². The highest BCUT2D eigenvalue weighted by Crippen LogP contribution is 2.22. The van der Waals surface area contributed by atoms with E-state index < -0.39 is 5.97 Å². The Hall–Kier alpha value is -1.88. The smallest absolute Gasteiger partial charge is 0.336 e. The fourth-order valence-corrected chi connectivity index (χ4v) is 3.36. The molecule has 1 N–H and O–H groups in total. The van der Waals surface area contributed by atoms with Crippen molar-refractivity contribution < 1.29 is 14.7 Å². The Kier molecular flexibility index (Phi) is 3.92. The van der Waals surface area contributed by atoms with Gasteiger partial charge in [0.1, 0.15) is 0 Å². The molecule has 1 aromatic rings. The third-order valence-corrected chi connectivity index (χ3v) is 4.50. The largest absolute Gasteiger partial charge is 0.478 e. The van der Waals surface area contributed by atoms with Gasteiger partial charge < -0.3 is 10.0 Å². The van der Waals surface area contributed by atoms with Gasteiger partial charge in [-0.1, -0.05) is 12.1 Å². The van der Waals surface area contributed by atoms with Gasteiger partial charge in [-0.25, -0.2) is 4.79 Å². The summed E-state index contributed by atoms with van der Waals surface area (Å²) in [7, 11) is 0. The average molecular weight is 288 g/mol. The Morgan fingerprint density at radius 1 is 1.05 bits per heavy atom. The maximum absolute atomic E-state index is 12.6. The van der Waals surface area contributed by atoms with Crippen LogP contribution in [0.25, 0.3) is 0 Å². The van der Waals surface area contributed by atoms with Crippen LogP contribution in [0.15, 0.2) is 24.3 Å². The van der Waals surface area contributed by atoms with Crippen molar-refractivity contribution in [3.8, 4) is 0 Å². The minimum absolute atomic E-state index is 0.0899. The van der Waals surface area contributed by atoms with Crippen LogP contribution in [0.3, 0.4) is 0 Å². The Morgan fingerprint density at radius 3 is 2.38 bits per heavy atom. The van der Waals surface area contributed by atoms with Crippen molar-refractivity contribution in [2.45, 2.75) is 25.3 Å². The zero-order valence-electron chi connectivity index (χ0n) is 12.0. The fourth-order valence-electron chi connectivity index (χ4n) is 3.36. The average Bonchev–Trinajstić information content (AvgIpc) is 3.17. The number of rotatable bonds is 3. The molecule has 1 amide bonds. The van der Waals surface area contributed by atoms with E-state index in [9.17, 15) is 14.7 Å². The molecule has 3 rings (SSSR count). The second-order valence-electron chi connectivity index (χ2n) is 5.79. The third kappa shape index (κ3) is 2.78. The van der Waals surface area contributed by atoms with Crippen molar-refractivity contribution in [1.29, 1.82) is 0 Å². The summed E-state index contributed by atoms with van der Waals surface area (Å²) >= 11 is 0. The molecule has 0 bridgehead atoms. The van der Waals surface area contributed by atoms with Crippen LogP contribution in [0.4, 0.5) is 0 Å². The predicted molar refractivity (Wildman–Crippen MR) is 78.5 cm³/mol. The van der Waals surface area contributed by atoms with Gasteiger partial charge in [0, 0.05) is 19.1 Å². The minimum Gasteiger partial charge on any atom is -0.478 e. The number of aromatic carboxylic acids is 1. The van der Waals surface area contributed by atoms with E-state index in [1.807, 2.05) is 0 Å². The molecule has 2 heterocycles. The predicted octanol–water partition coefficient (Wildman–Crippen LogP) is 1.70. The van der Waals surface area contributed by atoms with Crippen LogP contribution in [-0.4, -0.2) is 59.0 Å². The van der Waals surface area contributed by atoms with Gasteiger partial charge >= 0.3 is 5.97 Å². The number of likely N-dealkylation sites (tertiary alicyclic amines) is 2. The zero-order valence-corrected chi connectivity index (χ0v) is 12.0. The quantitative estimate of drug-likeness (QED) is 0.919. The molecule has 5 heteroatoms. The van der Waals surface area contributed by atoms with Gasteiger partial charge in [-0.2, -0.15) is 0 Å². The van der Waals surface area contributed by atoms with E-state index in [0.717, 1.165) is 19.5 Å². The number of amides is 1. The monoisotopic (exact) mass is 288 g/mol. The first-order valence-electron chi connectivity index (χ1n) is 7.52. The summed E-state index contributed by atoms with van der Waals surface area (Å²) in [5.41, 5.74) is 0.388. The van der Waals surface area contributed by atoms with E-state index in [1.165, 1.54) is 18.9 Å². The van der Waals surface area contributed by atoms with Gasteiger partial charge in [0.2, 0.25) is 0 Å². The fraction of sp³-hybridized carbons (Fsp3) is 0.500. The number of carboxylic acid groups (broad SMARTS) is 1. The number of carbonyl (C=O) groups excluding carboxylic acids is 1. The van der Waals surface area contributed by atoms with Crippen molar-refractivity contribution in [3.63, 3.8) is 0 Å².